The van der Waals surface area contributed by atoms with Gasteiger partial charge in [-0.25, -0.2) is 0 Å². The van der Waals surface area contributed by atoms with Gasteiger partial charge in [-0.2, -0.15) is 0 Å². The fourth-order valence-corrected chi connectivity index (χ4v) is 0.804. The topological polar surface area (TPSA) is 29.5 Å². The second-order valence-electron chi connectivity index (χ2n) is 2.35. The van der Waals surface area contributed by atoms with E-state index in [4.69, 9.17) is 9.84 Å². The molecule has 0 aromatic heterocycles. The van der Waals surface area contributed by atoms with Crippen LogP contribution in [0.2, 0.25) is 0 Å². The highest BCUT2D eigenvalue weighted by atomic mass is 16.5. The molecule has 0 amide bonds. The van der Waals surface area contributed by atoms with Gasteiger partial charge in [-0.15, -0.1) is 6.58 Å². The lowest BCUT2D eigenvalue weighted by atomic mass is 10.0. The molecule has 0 aromatic rings. The zero-order valence-corrected chi connectivity index (χ0v) is 6.55. The molecule has 1 N–H and O–H groups in total. The van der Waals surface area contributed by atoms with E-state index >= 15 is 0 Å². The highest BCUT2D eigenvalue weighted by molar-refractivity contribution is 4.72. The first kappa shape index (κ1) is 9.66. The summed E-state index contributed by atoms with van der Waals surface area (Å²) in [5, 5.41) is 8.78. The number of hydrogen-bond acceptors (Lipinski definition) is 2. The number of aliphatic hydroxyl groups is 1. The SMILES string of the molecule is C=CCC(CO)CCOC. The fourth-order valence-electron chi connectivity index (χ4n) is 0.804. The van der Waals surface area contributed by atoms with Crippen LogP contribution in [-0.2, 0) is 4.74 Å². The van der Waals surface area contributed by atoms with Gasteiger partial charge in [0.2, 0.25) is 0 Å². The largest absolute Gasteiger partial charge is 0.396 e. The van der Waals surface area contributed by atoms with Crippen molar-refractivity contribution in [2.45, 2.75) is 12.8 Å². The van der Waals surface area contributed by atoms with Crippen molar-refractivity contribution in [2.24, 2.45) is 5.92 Å². The van der Waals surface area contributed by atoms with E-state index in [0.29, 0.717) is 5.92 Å². The monoisotopic (exact) mass is 144 g/mol. The Morgan fingerprint density at radius 3 is 2.80 bits per heavy atom. The molecule has 60 valence electrons. The Morgan fingerprint density at radius 2 is 2.40 bits per heavy atom. The maximum atomic E-state index is 8.78. The summed E-state index contributed by atoms with van der Waals surface area (Å²) in [4.78, 5) is 0. The molecule has 0 heterocycles. The van der Waals surface area contributed by atoms with E-state index < -0.39 is 0 Å². The Bertz CT molecular complexity index is 81.3. The highest BCUT2D eigenvalue weighted by Gasteiger charge is 2.03. The first-order valence-corrected chi connectivity index (χ1v) is 3.55. The molecular weight excluding hydrogens is 128 g/mol. The number of ether oxygens (including phenoxy) is 1. The minimum Gasteiger partial charge on any atom is -0.396 e. The smallest absolute Gasteiger partial charge is 0.0465 e. The van der Waals surface area contributed by atoms with Crippen molar-refractivity contribution in [3.8, 4) is 0 Å². The van der Waals surface area contributed by atoms with E-state index in [9.17, 15) is 0 Å². The first-order valence-electron chi connectivity index (χ1n) is 3.55. The van der Waals surface area contributed by atoms with Crippen LogP contribution in [0.15, 0.2) is 12.7 Å². The maximum Gasteiger partial charge on any atom is 0.0465 e. The second kappa shape index (κ2) is 6.78. The molecular formula is C8H16O2. The van der Waals surface area contributed by atoms with Gasteiger partial charge in [0.05, 0.1) is 0 Å². The van der Waals surface area contributed by atoms with Crippen molar-refractivity contribution >= 4 is 0 Å². The predicted octanol–water partition coefficient (Wildman–Crippen LogP) is 1.21. The first-order chi connectivity index (χ1) is 4.85. The van der Waals surface area contributed by atoms with Gasteiger partial charge < -0.3 is 9.84 Å². The second-order valence-corrected chi connectivity index (χ2v) is 2.35. The zero-order chi connectivity index (χ0) is 7.82. The third-order valence-electron chi connectivity index (χ3n) is 1.49. The van der Waals surface area contributed by atoms with Crippen LogP contribution in [-0.4, -0.2) is 25.4 Å². The van der Waals surface area contributed by atoms with E-state index in [0.717, 1.165) is 19.4 Å². The molecule has 0 spiro atoms. The van der Waals surface area contributed by atoms with Crippen molar-refractivity contribution in [1.82, 2.24) is 0 Å². The summed E-state index contributed by atoms with van der Waals surface area (Å²) < 4.78 is 4.88. The molecule has 1 unspecified atom stereocenters. The lowest BCUT2D eigenvalue weighted by Gasteiger charge is -2.09. The van der Waals surface area contributed by atoms with Crippen LogP contribution >= 0.6 is 0 Å². The molecule has 2 nitrogen and oxygen atoms in total. The molecule has 0 bridgehead atoms. The van der Waals surface area contributed by atoms with Crippen LogP contribution < -0.4 is 0 Å². The quantitative estimate of drug-likeness (QED) is 0.568. The van der Waals surface area contributed by atoms with Crippen molar-refractivity contribution in [3.63, 3.8) is 0 Å². The van der Waals surface area contributed by atoms with Gasteiger partial charge in [-0.3, -0.25) is 0 Å². The lowest BCUT2D eigenvalue weighted by Crippen LogP contribution is -2.07. The summed E-state index contributed by atoms with van der Waals surface area (Å²) in [7, 11) is 1.67. The molecule has 0 saturated carbocycles. The van der Waals surface area contributed by atoms with Gasteiger partial charge in [-0.05, 0) is 18.8 Å². The van der Waals surface area contributed by atoms with Crippen LogP contribution in [0.25, 0.3) is 0 Å². The normalized spacial score (nSPS) is 13.0. The van der Waals surface area contributed by atoms with Gasteiger partial charge >= 0.3 is 0 Å². The minimum atomic E-state index is 0.232. The van der Waals surface area contributed by atoms with Gasteiger partial charge in [0, 0.05) is 20.3 Å². The maximum absolute atomic E-state index is 8.78. The van der Waals surface area contributed by atoms with Crippen LogP contribution in [0, 0.1) is 5.92 Å². The lowest BCUT2D eigenvalue weighted by molar-refractivity contribution is 0.148. The minimum absolute atomic E-state index is 0.232. The molecule has 2 heteroatoms. The molecule has 1 atom stereocenters. The van der Waals surface area contributed by atoms with Crippen LogP contribution in [0.3, 0.4) is 0 Å². The Hall–Kier alpha value is -0.340. The summed E-state index contributed by atoms with van der Waals surface area (Å²) >= 11 is 0. The standard InChI is InChI=1S/C8H16O2/c1-3-4-8(7-9)5-6-10-2/h3,8-9H,1,4-7H2,2H3. The predicted molar refractivity (Wildman–Crippen MR) is 41.9 cm³/mol. The number of hydrogen-bond donors (Lipinski definition) is 1. The Kier molecular flexibility index (Phi) is 6.55. The van der Waals surface area contributed by atoms with E-state index in [1.165, 1.54) is 0 Å². The summed E-state index contributed by atoms with van der Waals surface area (Å²) in [6, 6.07) is 0. The molecule has 0 aliphatic carbocycles. The van der Waals surface area contributed by atoms with Crippen LogP contribution in [0.1, 0.15) is 12.8 Å². The summed E-state index contributed by atoms with van der Waals surface area (Å²) in [5.74, 6) is 0.331. The Morgan fingerprint density at radius 1 is 1.70 bits per heavy atom. The van der Waals surface area contributed by atoms with Gasteiger partial charge in [0.15, 0.2) is 0 Å². The van der Waals surface area contributed by atoms with E-state index in [2.05, 4.69) is 6.58 Å². The van der Waals surface area contributed by atoms with E-state index in [1.807, 2.05) is 6.08 Å². The van der Waals surface area contributed by atoms with Gasteiger partial charge in [0.1, 0.15) is 0 Å². The molecule has 0 rings (SSSR count). The zero-order valence-electron chi connectivity index (χ0n) is 6.55. The van der Waals surface area contributed by atoms with Crippen molar-refractivity contribution in [1.29, 1.82) is 0 Å². The molecule has 0 radical (unpaired) electrons. The fraction of sp³-hybridized carbons (Fsp3) is 0.750. The highest BCUT2D eigenvalue weighted by Crippen LogP contribution is 2.07. The van der Waals surface area contributed by atoms with Crippen molar-refractivity contribution in [2.75, 3.05) is 20.3 Å². The summed E-state index contributed by atoms with van der Waals surface area (Å²) in [6.07, 6.45) is 3.62. The Labute approximate surface area is 62.5 Å². The third-order valence-corrected chi connectivity index (χ3v) is 1.49. The molecule has 0 saturated heterocycles. The van der Waals surface area contributed by atoms with Crippen LogP contribution in [0.5, 0.6) is 0 Å². The number of methoxy groups -OCH3 is 1. The molecule has 0 fully saturated rings. The summed E-state index contributed by atoms with van der Waals surface area (Å²) in [5.41, 5.74) is 0. The Balaban J connectivity index is 3.29. The third kappa shape index (κ3) is 4.53. The van der Waals surface area contributed by atoms with Crippen molar-refractivity contribution in [3.05, 3.63) is 12.7 Å². The molecule has 0 aliphatic rings. The summed E-state index contributed by atoms with van der Waals surface area (Å²) in [6.45, 7) is 4.56. The average molecular weight is 144 g/mol. The van der Waals surface area contributed by atoms with Gasteiger partial charge in [0.25, 0.3) is 0 Å². The van der Waals surface area contributed by atoms with Crippen molar-refractivity contribution < 1.29 is 9.84 Å². The number of rotatable bonds is 6. The van der Waals surface area contributed by atoms with Gasteiger partial charge in [-0.1, -0.05) is 6.08 Å². The average Bonchev–Trinajstić information content (AvgIpc) is 1.98. The molecule has 10 heavy (non-hydrogen) atoms. The molecule has 0 aromatic carbocycles. The van der Waals surface area contributed by atoms with E-state index in [-0.39, 0.29) is 6.61 Å². The number of allylic oxidation sites excluding steroid dienone is 1. The van der Waals surface area contributed by atoms with Crippen LogP contribution in [0.4, 0.5) is 0 Å². The number of aliphatic hydroxyl groups excluding tert-OH is 1. The molecule has 0 aliphatic heterocycles. The van der Waals surface area contributed by atoms with E-state index in [1.54, 1.807) is 7.11 Å².